The number of hydrogen-bond donors (Lipinski definition) is 0. The Kier molecular flexibility index (Phi) is 6.15. The van der Waals surface area contributed by atoms with E-state index in [-0.39, 0.29) is 42.1 Å². The van der Waals surface area contributed by atoms with Gasteiger partial charge in [-0.2, -0.15) is 0 Å². The summed E-state index contributed by atoms with van der Waals surface area (Å²) in [6.07, 6.45) is 4.89. The third-order valence-corrected chi connectivity index (χ3v) is 5.81. The van der Waals surface area contributed by atoms with E-state index in [1.165, 1.54) is 0 Å². The van der Waals surface area contributed by atoms with Crippen LogP contribution in [0.4, 0.5) is 0 Å². The molecule has 0 radical (unpaired) electrons. The molecule has 0 spiro atoms. The number of carbonyl (C=O) groups is 2. The molecule has 8 nitrogen and oxygen atoms in total. The van der Waals surface area contributed by atoms with E-state index in [0.717, 1.165) is 5.56 Å². The van der Waals surface area contributed by atoms with Crippen LogP contribution in [0.2, 0.25) is 5.15 Å². The first-order chi connectivity index (χ1) is 14.5. The quantitative estimate of drug-likeness (QED) is 0.674. The van der Waals surface area contributed by atoms with E-state index in [4.69, 9.17) is 21.1 Å². The monoisotopic (exact) mass is 430 g/mol. The Morgan fingerprint density at radius 1 is 1.33 bits per heavy atom. The lowest BCUT2D eigenvalue weighted by molar-refractivity contribution is -0.145. The number of likely N-dealkylation sites (tertiary alicyclic amines) is 1. The third kappa shape index (κ3) is 4.24. The summed E-state index contributed by atoms with van der Waals surface area (Å²) in [4.78, 5) is 37.3. The van der Waals surface area contributed by atoms with Gasteiger partial charge in [-0.15, -0.1) is 0 Å². The van der Waals surface area contributed by atoms with Gasteiger partial charge in [0.15, 0.2) is 10.9 Å². The summed E-state index contributed by atoms with van der Waals surface area (Å²) in [5.74, 6) is -0.0548. The van der Waals surface area contributed by atoms with Crippen LogP contribution in [0.5, 0.6) is 5.75 Å². The van der Waals surface area contributed by atoms with E-state index >= 15 is 0 Å². The second-order valence-electron chi connectivity index (χ2n) is 7.43. The fourth-order valence-electron chi connectivity index (χ4n) is 4.01. The molecule has 0 aliphatic carbocycles. The van der Waals surface area contributed by atoms with Gasteiger partial charge in [-0.3, -0.25) is 14.6 Å². The van der Waals surface area contributed by atoms with Crippen LogP contribution in [0, 0.1) is 5.92 Å². The SMILES string of the molecule is CN1C(=O)CC(C(=O)N2CCOC(COc3cccnc3Cl)C2)C1c1cccnc1. The van der Waals surface area contributed by atoms with Crippen LogP contribution in [-0.4, -0.2) is 71.0 Å². The molecule has 2 aromatic heterocycles. The van der Waals surface area contributed by atoms with Gasteiger partial charge < -0.3 is 19.3 Å². The number of carbonyl (C=O) groups excluding carboxylic acids is 2. The smallest absolute Gasteiger partial charge is 0.228 e. The van der Waals surface area contributed by atoms with E-state index in [1.54, 1.807) is 47.6 Å². The minimum atomic E-state index is -0.445. The average molecular weight is 431 g/mol. The maximum absolute atomic E-state index is 13.3. The maximum Gasteiger partial charge on any atom is 0.228 e. The summed E-state index contributed by atoms with van der Waals surface area (Å²) in [7, 11) is 1.74. The van der Waals surface area contributed by atoms with Crippen LogP contribution >= 0.6 is 11.6 Å². The van der Waals surface area contributed by atoms with Crippen molar-refractivity contribution in [2.75, 3.05) is 33.4 Å². The highest BCUT2D eigenvalue weighted by Gasteiger charge is 2.45. The molecule has 30 heavy (non-hydrogen) atoms. The minimum absolute atomic E-state index is 0.0402. The highest BCUT2D eigenvalue weighted by molar-refractivity contribution is 6.30. The fourth-order valence-corrected chi connectivity index (χ4v) is 4.19. The molecule has 4 rings (SSSR count). The van der Waals surface area contributed by atoms with Crippen molar-refractivity contribution in [2.24, 2.45) is 5.92 Å². The third-order valence-electron chi connectivity index (χ3n) is 5.53. The van der Waals surface area contributed by atoms with Crippen LogP contribution in [0.3, 0.4) is 0 Å². The molecule has 0 N–H and O–H groups in total. The Morgan fingerprint density at radius 2 is 2.17 bits per heavy atom. The van der Waals surface area contributed by atoms with Crippen LogP contribution in [0.25, 0.3) is 0 Å². The molecule has 2 saturated heterocycles. The molecule has 2 aromatic rings. The van der Waals surface area contributed by atoms with Gasteiger partial charge in [0.1, 0.15) is 12.7 Å². The average Bonchev–Trinajstić information content (AvgIpc) is 3.08. The number of morpholine rings is 1. The predicted molar refractivity (Wildman–Crippen MR) is 109 cm³/mol. The highest BCUT2D eigenvalue weighted by Crippen LogP contribution is 2.38. The largest absolute Gasteiger partial charge is 0.488 e. The molecule has 2 amide bonds. The predicted octanol–water partition coefficient (Wildman–Crippen LogP) is 1.96. The zero-order chi connectivity index (χ0) is 21.1. The molecule has 0 aromatic carbocycles. The summed E-state index contributed by atoms with van der Waals surface area (Å²) in [5.41, 5.74) is 0.864. The van der Waals surface area contributed by atoms with E-state index in [1.807, 2.05) is 12.1 Å². The number of nitrogens with zero attached hydrogens (tertiary/aromatic N) is 4. The van der Waals surface area contributed by atoms with E-state index in [0.29, 0.717) is 25.4 Å². The van der Waals surface area contributed by atoms with Crippen molar-refractivity contribution in [3.63, 3.8) is 0 Å². The van der Waals surface area contributed by atoms with Gasteiger partial charge in [0.05, 0.1) is 25.1 Å². The molecule has 2 aliphatic heterocycles. The van der Waals surface area contributed by atoms with Gasteiger partial charge >= 0.3 is 0 Å². The lowest BCUT2D eigenvalue weighted by atomic mass is 9.93. The summed E-state index contributed by atoms with van der Waals surface area (Å²) < 4.78 is 11.5. The van der Waals surface area contributed by atoms with Crippen molar-refractivity contribution >= 4 is 23.4 Å². The van der Waals surface area contributed by atoms with Crippen molar-refractivity contribution in [3.05, 3.63) is 53.6 Å². The molecule has 3 unspecified atom stereocenters. The lowest BCUT2D eigenvalue weighted by Gasteiger charge is -2.35. The molecule has 3 atom stereocenters. The van der Waals surface area contributed by atoms with Crippen molar-refractivity contribution < 1.29 is 19.1 Å². The topological polar surface area (TPSA) is 84.9 Å². The number of pyridine rings is 2. The van der Waals surface area contributed by atoms with Crippen LogP contribution in [-0.2, 0) is 14.3 Å². The van der Waals surface area contributed by atoms with Gasteiger partial charge in [-0.1, -0.05) is 17.7 Å². The Morgan fingerprint density at radius 3 is 2.93 bits per heavy atom. The second kappa shape index (κ2) is 8.97. The van der Waals surface area contributed by atoms with Gasteiger partial charge in [-0.05, 0) is 23.8 Å². The van der Waals surface area contributed by atoms with Gasteiger partial charge in [0.2, 0.25) is 11.8 Å². The zero-order valence-electron chi connectivity index (χ0n) is 16.6. The maximum atomic E-state index is 13.3. The molecular weight excluding hydrogens is 408 g/mol. The summed E-state index contributed by atoms with van der Waals surface area (Å²) >= 11 is 6.03. The van der Waals surface area contributed by atoms with Crippen LogP contribution in [0.15, 0.2) is 42.9 Å². The summed E-state index contributed by atoms with van der Waals surface area (Å²) in [6, 6.07) is 6.88. The molecule has 2 fully saturated rings. The van der Waals surface area contributed by atoms with Crippen molar-refractivity contribution in [3.8, 4) is 5.75 Å². The van der Waals surface area contributed by atoms with Gasteiger partial charge in [0, 0.05) is 38.6 Å². The number of rotatable bonds is 5. The zero-order valence-corrected chi connectivity index (χ0v) is 17.4. The lowest BCUT2D eigenvalue weighted by Crippen LogP contribution is -2.50. The van der Waals surface area contributed by atoms with Crippen molar-refractivity contribution in [1.29, 1.82) is 0 Å². The van der Waals surface area contributed by atoms with E-state index in [2.05, 4.69) is 9.97 Å². The number of amides is 2. The first-order valence-electron chi connectivity index (χ1n) is 9.84. The molecule has 4 heterocycles. The Bertz CT molecular complexity index is 913. The standard InChI is InChI=1S/C21H23ClN4O4/c1-25-18(27)10-16(19(25)14-4-2-6-23-11-14)21(28)26-8-9-29-15(12-26)13-30-17-5-3-7-24-20(17)22/h2-7,11,15-16,19H,8-10,12-13H2,1H3. The van der Waals surface area contributed by atoms with Gasteiger partial charge in [0.25, 0.3) is 0 Å². The second-order valence-corrected chi connectivity index (χ2v) is 7.78. The molecule has 0 bridgehead atoms. The Balaban J connectivity index is 1.43. The van der Waals surface area contributed by atoms with Gasteiger partial charge in [-0.25, -0.2) is 4.98 Å². The molecule has 2 aliphatic rings. The van der Waals surface area contributed by atoms with Crippen molar-refractivity contribution in [1.82, 2.24) is 19.8 Å². The molecular formula is C21H23ClN4O4. The normalized spacial score (nSPS) is 24.2. The van der Waals surface area contributed by atoms with Crippen LogP contribution < -0.4 is 4.74 Å². The molecule has 158 valence electrons. The number of halogens is 1. The van der Waals surface area contributed by atoms with E-state index < -0.39 is 5.92 Å². The number of aromatic nitrogens is 2. The minimum Gasteiger partial charge on any atom is -0.488 e. The highest BCUT2D eigenvalue weighted by atomic mass is 35.5. The van der Waals surface area contributed by atoms with Crippen LogP contribution in [0.1, 0.15) is 18.0 Å². The Labute approximate surface area is 179 Å². The summed E-state index contributed by atoms with van der Waals surface area (Å²) in [6.45, 7) is 1.54. The number of ether oxygens (including phenoxy) is 2. The van der Waals surface area contributed by atoms with E-state index in [9.17, 15) is 9.59 Å². The molecule has 9 heteroatoms. The van der Waals surface area contributed by atoms with Crippen molar-refractivity contribution in [2.45, 2.75) is 18.6 Å². The fraction of sp³-hybridized carbons (Fsp3) is 0.429. The first kappa shape index (κ1) is 20.6. The first-order valence-corrected chi connectivity index (χ1v) is 10.2. The Hall–Kier alpha value is -2.71. The number of hydrogen-bond acceptors (Lipinski definition) is 6. The summed E-state index contributed by atoms with van der Waals surface area (Å²) in [5, 5.41) is 0.285. The molecule has 0 saturated carbocycles.